The summed E-state index contributed by atoms with van der Waals surface area (Å²) in [6.45, 7) is 6.00. The van der Waals surface area contributed by atoms with Crippen molar-refractivity contribution in [2.45, 2.75) is 33.6 Å². The zero-order valence-electron chi connectivity index (χ0n) is 15.5. The molecule has 0 atom stereocenters. The van der Waals surface area contributed by atoms with Gasteiger partial charge in [0.25, 0.3) is 0 Å². The van der Waals surface area contributed by atoms with Gasteiger partial charge >= 0.3 is 0 Å². The van der Waals surface area contributed by atoms with Gasteiger partial charge in [-0.25, -0.2) is 9.97 Å². The molecule has 3 rings (SSSR count). The van der Waals surface area contributed by atoms with Gasteiger partial charge in [-0.1, -0.05) is 36.2 Å². The molecule has 27 heavy (non-hydrogen) atoms. The molecule has 0 aliphatic rings. The van der Waals surface area contributed by atoms with E-state index in [0.717, 1.165) is 28.7 Å². The van der Waals surface area contributed by atoms with Crippen molar-refractivity contribution in [3.05, 3.63) is 41.6 Å². The average Bonchev–Trinajstić information content (AvgIpc) is 2.60. The van der Waals surface area contributed by atoms with Crippen LogP contribution >= 0.6 is 0 Å². The summed E-state index contributed by atoms with van der Waals surface area (Å²) in [5.74, 6) is 0.506. The lowest BCUT2D eigenvalue weighted by Crippen LogP contribution is -2.13. The molecule has 0 unspecified atom stereocenters. The van der Waals surface area contributed by atoms with E-state index < -0.39 is 0 Å². The summed E-state index contributed by atoms with van der Waals surface area (Å²) in [5.41, 5.74) is 4.41. The van der Waals surface area contributed by atoms with Crippen molar-refractivity contribution in [3.63, 3.8) is 0 Å². The highest BCUT2D eigenvalue weighted by atomic mass is 16.1. The highest BCUT2D eigenvalue weighted by Crippen LogP contribution is 2.31. The van der Waals surface area contributed by atoms with Gasteiger partial charge in [-0.05, 0) is 31.9 Å². The number of fused-ring (bicyclic) bond motifs is 1. The first-order valence-electron chi connectivity index (χ1n) is 8.76. The van der Waals surface area contributed by atoms with E-state index >= 15 is 0 Å². The number of nitrogens with one attached hydrogen (secondary N) is 2. The third kappa shape index (κ3) is 4.25. The van der Waals surface area contributed by atoms with E-state index in [4.69, 9.17) is 0 Å². The van der Waals surface area contributed by atoms with E-state index in [1.807, 2.05) is 26.8 Å². The maximum Gasteiger partial charge on any atom is 0.231 e. The average molecular weight is 363 g/mol. The number of carbonyl (C=O) groups is 2. The third-order valence-corrected chi connectivity index (χ3v) is 4.02. The van der Waals surface area contributed by atoms with Gasteiger partial charge < -0.3 is 5.32 Å². The molecule has 138 valence electrons. The van der Waals surface area contributed by atoms with Crippen LogP contribution in [-0.2, 0) is 9.59 Å². The Morgan fingerprint density at radius 1 is 1.11 bits per heavy atom. The lowest BCUT2D eigenvalue weighted by atomic mass is 10.0. The Labute approximate surface area is 157 Å². The topological polar surface area (TPSA) is 96.9 Å². The Bertz CT molecular complexity index is 996. The number of benzene rings is 1. The van der Waals surface area contributed by atoms with Crippen molar-refractivity contribution in [3.8, 4) is 11.1 Å². The minimum atomic E-state index is -0.102. The van der Waals surface area contributed by atoms with Crippen LogP contribution in [-0.4, -0.2) is 27.3 Å². The first kappa shape index (κ1) is 18.4. The molecule has 1 aromatic carbocycles. The molecule has 2 N–H and O–H groups in total. The fourth-order valence-corrected chi connectivity index (χ4v) is 2.95. The first-order valence-corrected chi connectivity index (χ1v) is 8.76. The van der Waals surface area contributed by atoms with E-state index in [1.54, 1.807) is 6.20 Å². The summed E-state index contributed by atoms with van der Waals surface area (Å²) in [6.07, 6.45) is 3.27. The molecule has 0 spiro atoms. The smallest absolute Gasteiger partial charge is 0.231 e. The Morgan fingerprint density at radius 2 is 1.85 bits per heavy atom. The second-order valence-corrected chi connectivity index (χ2v) is 6.43. The molecular weight excluding hydrogens is 342 g/mol. The number of rotatable bonds is 6. The Kier molecular flexibility index (Phi) is 5.40. The van der Waals surface area contributed by atoms with Crippen LogP contribution in [0.15, 0.2) is 30.5 Å². The Hall–Kier alpha value is -3.35. The van der Waals surface area contributed by atoms with Crippen molar-refractivity contribution >= 4 is 35.1 Å². The second-order valence-electron chi connectivity index (χ2n) is 6.43. The Balaban J connectivity index is 2.17. The summed E-state index contributed by atoms with van der Waals surface area (Å²) in [4.78, 5) is 35.7. The highest BCUT2D eigenvalue weighted by molar-refractivity contribution is 5.97. The van der Waals surface area contributed by atoms with Crippen molar-refractivity contribution in [1.82, 2.24) is 15.0 Å². The molecule has 2 amide bonds. The van der Waals surface area contributed by atoms with Gasteiger partial charge in [0.1, 0.15) is 5.82 Å². The van der Waals surface area contributed by atoms with Crippen LogP contribution in [0.5, 0.6) is 0 Å². The largest absolute Gasteiger partial charge is 0.310 e. The molecule has 0 aliphatic heterocycles. The molecule has 0 saturated carbocycles. The fourth-order valence-electron chi connectivity index (χ4n) is 2.95. The summed E-state index contributed by atoms with van der Waals surface area (Å²) in [7, 11) is 0. The van der Waals surface area contributed by atoms with Crippen LogP contribution < -0.4 is 10.6 Å². The van der Waals surface area contributed by atoms with Crippen molar-refractivity contribution in [2.75, 3.05) is 10.6 Å². The SMILES string of the molecule is CCCC(=O)Nc1nc2nc(NC=O)ncc2cc1-c1cc(C)cc(C)c1. The van der Waals surface area contributed by atoms with E-state index in [1.165, 1.54) is 0 Å². The quantitative estimate of drug-likeness (QED) is 0.652. The summed E-state index contributed by atoms with van der Waals surface area (Å²) in [5, 5.41) is 6.02. The summed E-state index contributed by atoms with van der Waals surface area (Å²) >= 11 is 0. The van der Waals surface area contributed by atoms with Crippen LogP contribution in [0.1, 0.15) is 30.9 Å². The number of hydrogen-bond acceptors (Lipinski definition) is 5. The minimum Gasteiger partial charge on any atom is -0.310 e. The number of aromatic nitrogens is 3. The molecular formula is C20H21N5O2. The number of hydrogen-bond donors (Lipinski definition) is 2. The molecule has 3 aromatic rings. The van der Waals surface area contributed by atoms with Gasteiger partial charge in [-0.2, -0.15) is 4.98 Å². The molecule has 0 saturated heterocycles. The van der Waals surface area contributed by atoms with E-state index in [0.29, 0.717) is 29.7 Å². The van der Waals surface area contributed by atoms with Gasteiger partial charge in [0.05, 0.1) is 0 Å². The van der Waals surface area contributed by atoms with E-state index in [9.17, 15) is 9.59 Å². The van der Waals surface area contributed by atoms with Crippen LogP contribution in [0.3, 0.4) is 0 Å². The zero-order valence-corrected chi connectivity index (χ0v) is 15.5. The lowest BCUT2D eigenvalue weighted by Gasteiger charge is -2.13. The molecule has 2 heterocycles. The number of pyridine rings is 1. The highest BCUT2D eigenvalue weighted by Gasteiger charge is 2.14. The molecule has 0 radical (unpaired) electrons. The number of amides is 2. The monoisotopic (exact) mass is 363 g/mol. The number of nitrogens with zero attached hydrogens (tertiary/aromatic N) is 3. The molecule has 0 aliphatic carbocycles. The van der Waals surface area contributed by atoms with Crippen LogP contribution in [0.25, 0.3) is 22.2 Å². The zero-order chi connectivity index (χ0) is 19.4. The van der Waals surface area contributed by atoms with Crippen molar-refractivity contribution in [2.24, 2.45) is 0 Å². The molecule has 7 nitrogen and oxygen atoms in total. The third-order valence-electron chi connectivity index (χ3n) is 4.02. The number of anilines is 2. The molecule has 2 aromatic heterocycles. The Morgan fingerprint density at radius 3 is 2.52 bits per heavy atom. The maximum absolute atomic E-state index is 12.2. The molecule has 0 fully saturated rings. The predicted octanol–water partition coefficient (Wildman–Crippen LogP) is 3.62. The minimum absolute atomic E-state index is 0.102. The number of aryl methyl sites for hydroxylation is 2. The van der Waals surface area contributed by atoms with Gasteiger partial charge in [0.15, 0.2) is 5.65 Å². The standard InChI is InChI=1S/C20H21N5O2/c1-4-5-17(27)23-19-16(14-7-12(2)6-13(3)8-14)9-15-10-21-20(22-11-26)25-18(15)24-19/h6-11H,4-5H2,1-3H3,(H2,21,22,23,24,25,26,27). The van der Waals surface area contributed by atoms with Crippen LogP contribution in [0.2, 0.25) is 0 Å². The van der Waals surface area contributed by atoms with Gasteiger partial charge in [0, 0.05) is 23.6 Å². The predicted molar refractivity (Wildman–Crippen MR) is 105 cm³/mol. The summed E-state index contributed by atoms with van der Waals surface area (Å²) in [6, 6.07) is 8.10. The molecule has 0 bridgehead atoms. The lowest BCUT2D eigenvalue weighted by molar-refractivity contribution is -0.116. The van der Waals surface area contributed by atoms with E-state index in [-0.39, 0.29) is 11.9 Å². The van der Waals surface area contributed by atoms with Crippen LogP contribution in [0, 0.1) is 13.8 Å². The van der Waals surface area contributed by atoms with Crippen LogP contribution in [0.4, 0.5) is 11.8 Å². The second kappa shape index (κ2) is 7.90. The normalized spacial score (nSPS) is 10.6. The summed E-state index contributed by atoms with van der Waals surface area (Å²) < 4.78 is 0. The van der Waals surface area contributed by atoms with Gasteiger partial charge in [0.2, 0.25) is 18.3 Å². The van der Waals surface area contributed by atoms with Crippen molar-refractivity contribution < 1.29 is 9.59 Å². The van der Waals surface area contributed by atoms with Gasteiger partial charge in [-0.3, -0.25) is 14.9 Å². The van der Waals surface area contributed by atoms with E-state index in [2.05, 4.69) is 43.8 Å². The van der Waals surface area contributed by atoms with Crippen molar-refractivity contribution in [1.29, 1.82) is 0 Å². The van der Waals surface area contributed by atoms with Gasteiger partial charge in [-0.15, -0.1) is 0 Å². The first-order chi connectivity index (χ1) is 13.0. The molecule has 7 heteroatoms. The fraction of sp³-hybridized carbons (Fsp3) is 0.250. The number of carbonyl (C=O) groups excluding carboxylic acids is 2. The maximum atomic E-state index is 12.2.